The first-order valence-electron chi connectivity index (χ1n) is 9.34. The normalized spacial score (nSPS) is 24.0. The quantitative estimate of drug-likeness (QED) is 0.462. The minimum Gasteiger partial charge on any atom is -0.387 e. The Labute approximate surface area is 166 Å². The molecule has 3 aromatic rings. The number of benzene rings is 1. The smallest absolute Gasteiger partial charge is 0.252 e. The van der Waals surface area contributed by atoms with Gasteiger partial charge in [0.15, 0.2) is 29.3 Å². The summed E-state index contributed by atoms with van der Waals surface area (Å²) in [5, 5.41) is 26.5. The monoisotopic (exact) mass is 398 g/mol. The van der Waals surface area contributed by atoms with E-state index in [4.69, 9.17) is 4.74 Å². The van der Waals surface area contributed by atoms with E-state index in [0.717, 1.165) is 5.56 Å². The van der Waals surface area contributed by atoms with Crippen molar-refractivity contribution in [2.45, 2.75) is 38.0 Å². The highest BCUT2D eigenvalue weighted by Crippen LogP contribution is 2.32. The molecule has 4 N–H and O–H groups in total. The van der Waals surface area contributed by atoms with Gasteiger partial charge in [-0.15, -0.1) is 0 Å². The summed E-state index contributed by atoms with van der Waals surface area (Å²) in [6, 6.07) is 9.85. The Morgan fingerprint density at radius 3 is 2.72 bits per heavy atom. The number of amides is 1. The van der Waals surface area contributed by atoms with Gasteiger partial charge in [-0.25, -0.2) is 15.0 Å². The van der Waals surface area contributed by atoms with Gasteiger partial charge in [-0.1, -0.05) is 30.3 Å². The molecule has 0 aliphatic carbocycles. The lowest BCUT2D eigenvalue weighted by Crippen LogP contribution is -2.42. The Morgan fingerprint density at radius 2 is 1.97 bits per heavy atom. The Morgan fingerprint density at radius 1 is 1.17 bits per heavy atom. The van der Waals surface area contributed by atoms with Gasteiger partial charge in [-0.2, -0.15) is 0 Å². The Balaban J connectivity index is 1.58. The molecule has 1 aliphatic heterocycles. The summed E-state index contributed by atoms with van der Waals surface area (Å²) in [6.07, 6.45) is -2.01. The predicted octanol–water partition coefficient (Wildman–Crippen LogP) is 0.194. The molecule has 152 valence electrons. The SMILES string of the molecule is CCNC(=O)[C@H]1O[C@@H](n2cnc3c(NCc4ccccc4)ncnc32)[C@@H](O)[C@H]1O. The van der Waals surface area contributed by atoms with E-state index in [1.807, 2.05) is 30.3 Å². The fourth-order valence-corrected chi connectivity index (χ4v) is 3.33. The van der Waals surface area contributed by atoms with Gasteiger partial charge < -0.3 is 25.6 Å². The predicted molar refractivity (Wildman–Crippen MR) is 104 cm³/mol. The fraction of sp³-hybridized carbons (Fsp3) is 0.368. The lowest BCUT2D eigenvalue weighted by Gasteiger charge is -2.16. The van der Waals surface area contributed by atoms with Gasteiger partial charge in [-0.3, -0.25) is 9.36 Å². The number of carbonyl (C=O) groups is 1. The molecule has 29 heavy (non-hydrogen) atoms. The number of likely N-dealkylation sites (N-methyl/N-ethyl adjacent to an activating group) is 1. The Bertz CT molecular complexity index is 995. The molecular formula is C19H22N6O4. The van der Waals surface area contributed by atoms with Crippen LogP contribution in [0.15, 0.2) is 43.0 Å². The van der Waals surface area contributed by atoms with Crippen LogP contribution in [-0.2, 0) is 16.1 Å². The second-order valence-corrected chi connectivity index (χ2v) is 6.71. The summed E-state index contributed by atoms with van der Waals surface area (Å²) in [5.74, 6) is 0.0525. The van der Waals surface area contributed by atoms with Gasteiger partial charge in [0, 0.05) is 13.1 Å². The number of rotatable bonds is 6. The number of nitrogens with one attached hydrogen (secondary N) is 2. The van der Waals surface area contributed by atoms with Crippen LogP contribution in [0.2, 0.25) is 0 Å². The second-order valence-electron chi connectivity index (χ2n) is 6.71. The summed E-state index contributed by atoms with van der Waals surface area (Å²) in [5.41, 5.74) is 2.00. The van der Waals surface area contributed by atoms with Gasteiger partial charge in [0.05, 0.1) is 6.33 Å². The van der Waals surface area contributed by atoms with Crippen molar-refractivity contribution in [3.63, 3.8) is 0 Å². The van der Waals surface area contributed by atoms with Crippen LogP contribution in [0.4, 0.5) is 5.82 Å². The molecule has 4 rings (SSSR count). The van der Waals surface area contributed by atoms with Crippen molar-refractivity contribution < 1.29 is 19.7 Å². The summed E-state index contributed by atoms with van der Waals surface area (Å²) in [7, 11) is 0. The van der Waals surface area contributed by atoms with Crippen molar-refractivity contribution in [2.24, 2.45) is 0 Å². The third kappa shape index (κ3) is 3.65. The third-order valence-corrected chi connectivity index (χ3v) is 4.78. The van der Waals surface area contributed by atoms with Gasteiger partial charge in [0.25, 0.3) is 5.91 Å². The highest BCUT2D eigenvalue weighted by atomic mass is 16.6. The van der Waals surface area contributed by atoms with Crippen LogP contribution in [0.1, 0.15) is 18.7 Å². The highest BCUT2D eigenvalue weighted by molar-refractivity contribution is 5.83. The van der Waals surface area contributed by atoms with E-state index in [-0.39, 0.29) is 0 Å². The molecule has 2 aromatic heterocycles. The van der Waals surface area contributed by atoms with Crippen LogP contribution >= 0.6 is 0 Å². The van der Waals surface area contributed by atoms with Gasteiger partial charge in [0.2, 0.25) is 0 Å². The average Bonchev–Trinajstić information content (AvgIpc) is 3.29. The molecule has 1 amide bonds. The number of imidazole rings is 1. The molecule has 10 heteroatoms. The first-order valence-corrected chi connectivity index (χ1v) is 9.34. The topological polar surface area (TPSA) is 134 Å². The number of hydrogen-bond acceptors (Lipinski definition) is 8. The van der Waals surface area contributed by atoms with Crippen LogP contribution < -0.4 is 10.6 Å². The first kappa shape index (κ1) is 19.2. The van der Waals surface area contributed by atoms with Crippen LogP contribution in [0.25, 0.3) is 11.2 Å². The van der Waals surface area contributed by atoms with Crippen LogP contribution in [0, 0.1) is 0 Å². The maximum Gasteiger partial charge on any atom is 0.252 e. The summed E-state index contributed by atoms with van der Waals surface area (Å²) >= 11 is 0. The summed E-state index contributed by atoms with van der Waals surface area (Å²) < 4.78 is 7.15. The molecule has 4 atom stereocenters. The lowest BCUT2D eigenvalue weighted by atomic mass is 10.1. The van der Waals surface area contributed by atoms with Crippen molar-refractivity contribution in [1.82, 2.24) is 24.8 Å². The number of carbonyl (C=O) groups excluding carboxylic acids is 1. The van der Waals surface area contributed by atoms with Crippen molar-refractivity contribution in [2.75, 3.05) is 11.9 Å². The van der Waals surface area contributed by atoms with Crippen LogP contribution in [0.5, 0.6) is 0 Å². The van der Waals surface area contributed by atoms with E-state index in [2.05, 4.69) is 25.6 Å². The minimum atomic E-state index is -1.36. The molecule has 0 bridgehead atoms. The molecule has 0 saturated carbocycles. The Kier molecular flexibility index (Phi) is 5.38. The van der Waals surface area contributed by atoms with Crippen LogP contribution in [0.3, 0.4) is 0 Å². The second kappa shape index (κ2) is 8.11. The minimum absolute atomic E-state index is 0.393. The van der Waals surface area contributed by atoms with Crippen molar-refractivity contribution in [3.8, 4) is 0 Å². The van der Waals surface area contributed by atoms with Gasteiger partial charge in [-0.05, 0) is 12.5 Å². The van der Waals surface area contributed by atoms with E-state index in [0.29, 0.717) is 30.1 Å². The first-order chi connectivity index (χ1) is 14.1. The molecule has 10 nitrogen and oxygen atoms in total. The fourth-order valence-electron chi connectivity index (χ4n) is 3.33. The molecular weight excluding hydrogens is 376 g/mol. The summed E-state index contributed by atoms with van der Waals surface area (Å²) in [4.78, 5) is 24.9. The average molecular weight is 398 g/mol. The molecule has 0 unspecified atom stereocenters. The third-order valence-electron chi connectivity index (χ3n) is 4.78. The number of aliphatic hydroxyl groups is 2. The van der Waals surface area contributed by atoms with E-state index in [9.17, 15) is 15.0 Å². The molecule has 1 aromatic carbocycles. The molecule has 1 fully saturated rings. The number of aliphatic hydroxyl groups excluding tert-OH is 2. The van der Waals surface area contributed by atoms with E-state index < -0.39 is 30.4 Å². The van der Waals surface area contributed by atoms with Crippen LogP contribution in [-0.4, -0.2) is 60.5 Å². The highest BCUT2D eigenvalue weighted by Gasteiger charge is 2.47. The molecule has 0 radical (unpaired) electrons. The molecule has 3 heterocycles. The number of anilines is 1. The summed E-state index contributed by atoms with van der Waals surface area (Å²) in [6.45, 7) is 2.71. The number of nitrogens with zero attached hydrogens (tertiary/aromatic N) is 4. The zero-order valence-corrected chi connectivity index (χ0v) is 15.8. The number of ether oxygens (including phenoxy) is 1. The van der Waals surface area contributed by atoms with Gasteiger partial charge >= 0.3 is 0 Å². The zero-order valence-electron chi connectivity index (χ0n) is 15.8. The van der Waals surface area contributed by atoms with E-state index in [1.54, 1.807) is 6.92 Å². The number of fused-ring (bicyclic) bond motifs is 1. The van der Waals surface area contributed by atoms with Gasteiger partial charge in [0.1, 0.15) is 18.5 Å². The van der Waals surface area contributed by atoms with Crippen molar-refractivity contribution >= 4 is 22.9 Å². The Hall–Kier alpha value is -3.08. The lowest BCUT2D eigenvalue weighted by molar-refractivity contribution is -0.137. The molecule has 1 saturated heterocycles. The number of hydrogen-bond donors (Lipinski definition) is 4. The van der Waals surface area contributed by atoms with E-state index in [1.165, 1.54) is 17.2 Å². The maximum absolute atomic E-state index is 12.1. The molecule has 1 aliphatic rings. The van der Waals surface area contributed by atoms with Crippen molar-refractivity contribution in [3.05, 3.63) is 48.5 Å². The largest absolute Gasteiger partial charge is 0.387 e. The number of aromatic nitrogens is 4. The zero-order chi connectivity index (χ0) is 20.4. The standard InChI is InChI=1S/C19H22N6O4/c1-2-20-18(28)15-13(26)14(27)19(29-15)25-10-24-12-16(22-9-23-17(12)25)21-8-11-6-4-3-5-7-11/h3-7,9-10,13-15,19,26-27H,2,8H2,1H3,(H,20,28)(H,21,22,23)/t13-,14+,15+,19-/m1/s1. The molecule has 0 spiro atoms. The van der Waals surface area contributed by atoms with Crippen molar-refractivity contribution in [1.29, 1.82) is 0 Å². The van der Waals surface area contributed by atoms with E-state index >= 15 is 0 Å². The maximum atomic E-state index is 12.1.